The van der Waals surface area contributed by atoms with Crippen LogP contribution in [0.15, 0.2) is 0 Å². The number of aliphatic carboxylic acids is 1. The number of sulfone groups is 1. The van der Waals surface area contributed by atoms with Crippen LogP contribution in [0, 0.1) is 5.41 Å². The van der Waals surface area contributed by atoms with Crippen molar-refractivity contribution < 1.29 is 23.1 Å². The summed E-state index contributed by atoms with van der Waals surface area (Å²) < 4.78 is 22.8. The van der Waals surface area contributed by atoms with Crippen LogP contribution in [-0.2, 0) is 19.4 Å². The zero-order chi connectivity index (χ0) is 15.7. The van der Waals surface area contributed by atoms with Gasteiger partial charge in [0.05, 0.1) is 5.75 Å². The lowest BCUT2D eigenvalue weighted by molar-refractivity contribution is -0.149. The van der Waals surface area contributed by atoms with Gasteiger partial charge in [0.25, 0.3) is 0 Å². The number of carboxylic acids is 1. The van der Waals surface area contributed by atoms with Gasteiger partial charge in [0, 0.05) is 12.7 Å². The fourth-order valence-electron chi connectivity index (χ4n) is 3.30. The second-order valence-corrected chi connectivity index (χ2v) is 8.88. The molecule has 2 rings (SSSR count). The van der Waals surface area contributed by atoms with Crippen LogP contribution in [0.4, 0.5) is 0 Å². The molecular weight excluding hydrogens is 294 g/mol. The first kappa shape index (κ1) is 16.3. The number of amides is 1. The van der Waals surface area contributed by atoms with Gasteiger partial charge in [-0.2, -0.15) is 0 Å². The average Bonchev–Trinajstić information content (AvgIpc) is 3.06. The molecule has 0 aromatic carbocycles. The first-order valence-corrected chi connectivity index (χ1v) is 9.45. The molecule has 2 N–H and O–H groups in total. The van der Waals surface area contributed by atoms with Crippen molar-refractivity contribution in [2.75, 3.05) is 12.0 Å². The fourth-order valence-corrected chi connectivity index (χ4v) is 4.81. The van der Waals surface area contributed by atoms with Crippen LogP contribution < -0.4 is 5.32 Å². The Kier molecular flexibility index (Phi) is 4.33. The molecule has 0 heterocycles. The van der Waals surface area contributed by atoms with Crippen LogP contribution in [-0.4, -0.2) is 42.9 Å². The van der Waals surface area contributed by atoms with Crippen molar-refractivity contribution in [1.82, 2.24) is 5.32 Å². The van der Waals surface area contributed by atoms with Gasteiger partial charge >= 0.3 is 5.97 Å². The number of carbonyl (C=O) groups excluding carboxylic acids is 1. The number of hydrogen-bond acceptors (Lipinski definition) is 4. The Balaban J connectivity index is 1.99. The third-order valence-corrected chi connectivity index (χ3v) is 5.69. The van der Waals surface area contributed by atoms with Crippen LogP contribution in [0.1, 0.15) is 51.4 Å². The number of rotatable bonds is 6. The number of nitrogens with one attached hydrogen (secondary N) is 1. The SMILES string of the molecule is CS(=O)(=O)CC1(CC(=O)NC2(C(=O)O)CCCCC2)CC1. The fraction of sp³-hybridized carbons (Fsp3) is 0.857. The minimum Gasteiger partial charge on any atom is -0.480 e. The van der Waals surface area contributed by atoms with Crippen LogP contribution in [0.2, 0.25) is 0 Å². The molecule has 0 unspecified atom stereocenters. The monoisotopic (exact) mass is 317 g/mol. The van der Waals surface area contributed by atoms with E-state index < -0.39 is 26.8 Å². The maximum Gasteiger partial charge on any atom is 0.329 e. The van der Waals surface area contributed by atoms with Gasteiger partial charge in [0.2, 0.25) is 5.91 Å². The summed E-state index contributed by atoms with van der Waals surface area (Å²) in [4.78, 5) is 23.7. The molecule has 0 aromatic heterocycles. The molecule has 2 saturated carbocycles. The summed E-state index contributed by atoms with van der Waals surface area (Å²) in [5.41, 5.74) is -1.62. The van der Waals surface area contributed by atoms with Gasteiger partial charge < -0.3 is 10.4 Å². The summed E-state index contributed by atoms with van der Waals surface area (Å²) in [5.74, 6) is -1.31. The van der Waals surface area contributed by atoms with Crippen molar-refractivity contribution in [2.45, 2.75) is 56.9 Å². The van der Waals surface area contributed by atoms with Gasteiger partial charge in [-0.05, 0) is 31.1 Å². The summed E-state index contributed by atoms with van der Waals surface area (Å²) in [6, 6.07) is 0. The third kappa shape index (κ3) is 4.18. The molecular formula is C14H23NO5S. The zero-order valence-corrected chi connectivity index (χ0v) is 13.2. The summed E-state index contributed by atoms with van der Waals surface area (Å²) in [6.45, 7) is 0. The van der Waals surface area contributed by atoms with Crippen LogP contribution in [0.3, 0.4) is 0 Å². The van der Waals surface area contributed by atoms with E-state index in [-0.39, 0.29) is 18.1 Å². The van der Waals surface area contributed by atoms with E-state index in [2.05, 4.69) is 5.32 Å². The molecule has 1 amide bonds. The Morgan fingerprint density at radius 1 is 1.10 bits per heavy atom. The Labute approximate surface area is 125 Å². The van der Waals surface area contributed by atoms with E-state index in [0.717, 1.165) is 19.3 Å². The summed E-state index contributed by atoms with van der Waals surface area (Å²) in [7, 11) is -3.13. The predicted molar refractivity (Wildman–Crippen MR) is 77.6 cm³/mol. The number of carbonyl (C=O) groups is 2. The van der Waals surface area contributed by atoms with E-state index in [1.807, 2.05) is 0 Å². The van der Waals surface area contributed by atoms with Gasteiger partial charge in [-0.1, -0.05) is 19.3 Å². The molecule has 6 nitrogen and oxygen atoms in total. The first-order valence-electron chi connectivity index (χ1n) is 7.39. The van der Waals surface area contributed by atoms with Gasteiger partial charge in [-0.25, -0.2) is 13.2 Å². The van der Waals surface area contributed by atoms with Crippen molar-refractivity contribution in [3.63, 3.8) is 0 Å². The first-order chi connectivity index (χ1) is 9.67. The Morgan fingerprint density at radius 2 is 1.67 bits per heavy atom. The summed E-state index contributed by atoms with van der Waals surface area (Å²) in [5, 5.41) is 12.1. The molecule has 0 radical (unpaired) electrons. The minimum atomic E-state index is -3.13. The molecule has 120 valence electrons. The molecule has 0 bridgehead atoms. The summed E-state index contributed by atoms with van der Waals surface area (Å²) >= 11 is 0. The van der Waals surface area contributed by atoms with Crippen molar-refractivity contribution in [1.29, 1.82) is 0 Å². The normalized spacial score (nSPS) is 23.3. The topological polar surface area (TPSA) is 101 Å². The molecule has 0 atom stereocenters. The van der Waals surface area contributed by atoms with Crippen LogP contribution in [0.25, 0.3) is 0 Å². The van der Waals surface area contributed by atoms with Crippen LogP contribution >= 0.6 is 0 Å². The van der Waals surface area contributed by atoms with E-state index in [1.54, 1.807) is 0 Å². The molecule has 0 spiro atoms. The summed E-state index contributed by atoms with van der Waals surface area (Å²) in [6.07, 6.45) is 6.19. The lowest BCUT2D eigenvalue weighted by atomic mass is 9.81. The van der Waals surface area contributed by atoms with Crippen molar-refractivity contribution in [2.24, 2.45) is 5.41 Å². The highest BCUT2D eigenvalue weighted by atomic mass is 32.2. The highest BCUT2D eigenvalue weighted by Gasteiger charge is 2.48. The smallest absolute Gasteiger partial charge is 0.329 e. The highest BCUT2D eigenvalue weighted by molar-refractivity contribution is 7.90. The van der Waals surface area contributed by atoms with Gasteiger partial charge in [-0.15, -0.1) is 0 Å². The number of hydrogen-bond donors (Lipinski definition) is 2. The molecule has 7 heteroatoms. The molecule has 0 aliphatic heterocycles. The van der Waals surface area contributed by atoms with Gasteiger partial charge in [0.15, 0.2) is 0 Å². The quantitative estimate of drug-likeness (QED) is 0.764. The Morgan fingerprint density at radius 3 is 2.10 bits per heavy atom. The van der Waals surface area contributed by atoms with Crippen molar-refractivity contribution in [3.8, 4) is 0 Å². The maximum absolute atomic E-state index is 12.2. The van der Waals surface area contributed by atoms with E-state index in [4.69, 9.17) is 0 Å². The van der Waals surface area contributed by atoms with E-state index in [9.17, 15) is 23.1 Å². The van der Waals surface area contributed by atoms with Gasteiger partial charge in [0.1, 0.15) is 15.4 Å². The molecule has 2 fully saturated rings. The predicted octanol–water partition coefficient (Wildman–Crippen LogP) is 1.10. The molecule has 0 aromatic rings. The third-order valence-electron chi connectivity index (χ3n) is 4.56. The van der Waals surface area contributed by atoms with E-state index in [1.165, 1.54) is 6.26 Å². The molecule has 21 heavy (non-hydrogen) atoms. The Hall–Kier alpha value is -1.11. The lowest BCUT2D eigenvalue weighted by Gasteiger charge is -2.34. The van der Waals surface area contributed by atoms with Crippen molar-refractivity contribution in [3.05, 3.63) is 0 Å². The second kappa shape index (κ2) is 5.59. The zero-order valence-electron chi connectivity index (χ0n) is 12.4. The van der Waals surface area contributed by atoms with Crippen molar-refractivity contribution >= 4 is 21.7 Å². The second-order valence-electron chi connectivity index (χ2n) is 6.74. The molecule has 0 saturated heterocycles. The van der Waals surface area contributed by atoms with E-state index in [0.29, 0.717) is 25.7 Å². The largest absolute Gasteiger partial charge is 0.480 e. The maximum atomic E-state index is 12.2. The Bertz CT molecular complexity index is 530. The standard InChI is InChI=1S/C14H23NO5S/c1-21(19,20)10-13(7-8-13)9-11(16)15-14(12(17)18)5-3-2-4-6-14/h2-10H2,1H3,(H,15,16)(H,17,18). The highest BCUT2D eigenvalue weighted by Crippen LogP contribution is 2.49. The minimum absolute atomic E-state index is 0.00743. The molecule has 2 aliphatic carbocycles. The van der Waals surface area contributed by atoms with Gasteiger partial charge in [-0.3, -0.25) is 4.79 Å². The average molecular weight is 317 g/mol. The van der Waals surface area contributed by atoms with E-state index >= 15 is 0 Å². The van der Waals surface area contributed by atoms with Crippen LogP contribution in [0.5, 0.6) is 0 Å². The molecule has 2 aliphatic rings. The lowest BCUT2D eigenvalue weighted by Crippen LogP contribution is -2.56. The number of carboxylic acid groups (broad SMARTS) is 1.